The summed E-state index contributed by atoms with van der Waals surface area (Å²) in [7, 11) is -5.78. The minimum Gasteiger partial charge on any atom is -0.349 e. The molecule has 166 valence electrons. The quantitative estimate of drug-likeness (QED) is 0.736. The van der Waals surface area contributed by atoms with Gasteiger partial charge in [0, 0.05) is 31.0 Å². The van der Waals surface area contributed by atoms with Gasteiger partial charge in [-0.2, -0.15) is 13.2 Å². The number of para-hydroxylation sites is 1. The van der Waals surface area contributed by atoms with Crippen LogP contribution in [0.15, 0.2) is 53.7 Å². The van der Waals surface area contributed by atoms with Gasteiger partial charge in [-0.3, -0.25) is 4.79 Å². The average molecular weight is 456 g/mol. The summed E-state index contributed by atoms with van der Waals surface area (Å²) in [6.45, 7) is 0.620. The van der Waals surface area contributed by atoms with Crippen LogP contribution in [0.2, 0.25) is 0 Å². The van der Waals surface area contributed by atoms with Crippen LogP contribution in [0.25, 0.3) is 0 Å². The van der Waals surface area contributed by atoms with Crippen molar-refractivity contribution in [3.63, 3.8) is 0 Å². The van der Waals surface area contributed by atoms with E-state index in [2.05, 4.69) is 15.6 Å². The van der Waals surface area contributed by atoms with E-state index in [0.29, 0.717) is 31.6 Å². The number of piperidine rings is 1. The number of benzene rings is 1. The third kappa shape index (κ3) is 5.13. The lowest BCUT2D eigenvalue weighted by Crippen LogP contribution is -2.48. The molecule has 1 aromatic heterocycles. The van der Waals surface area contributed by atoms with Gasteiger partial charge in [0.1, 0.15) is 0 Å². The number of nitrogens with zero attached hydrogens (tertiary/aromatic N) is 2. The molecular weight excluding hydrogens is 437 g/mol. The number of pyridine rings is 1. The lowest BCUT2D eigenvalue weighted by molar-refractivity contribution is -0.0438. The van der Waals surface area contributed by atoms with Crippen molar-refractivity contribution >= 4 is 27.5 Å². The van der Waals surface area contributed by atoms with E-state index in [4.69, 9.17) is 0 Å². The van der Waals surface area contributed by atoms with Crippen molar-refractivity contribution in [1.29, 1.82) is 0 Å². The fourth-order valence-corrected chi connectivity index (χ4v) is 3.97. The van der Waals surface area contributed by atoms with Gasteiger partial charge in [0.2, 0.25) is 0 Å². The van der Waals surface area contributed by atoms with E-state index < -0.39 is 37.9 Å². The van der Waals surface area contributed by atoms with Gasteiger partial charge in [0.15, 0.2) is 5.03 Å². The highest BCUT2D eigenvalue weighted by atomic mass is 32.2. The Morgan fingerprint density at radius 2 is 1.68 bits per heavy atom. The van der Waals surface area contributed by atoms with Crippen molar-refractivity contribution in [2.75, 3.05) is 18.4 Å². The highest BCUT2D eigenvalue weighted by Gasteiger charge is 2.49. The molecular formula is C19H19F3N4O4S. The Kier molecular flexibility index (Phi) is 6.48. The van der Waals surface area contributed by atoms with Crippen molar-refractivity contribution in [2.24, 2.45) is 0 Å². The van der Waals surface area contributed by atoms with E-state index in [1.165, 1.54) is 6.07 Å². The first-order valence-electron chi connectivity index (χ1n) is 9.28. The van der Waals surface area contributed by atoms with E-state index in [1.807, 2.05) is 6.07 Å². The number of likely N-dealkylation sites (tertiary alicyclic amines) is 1. The fourth-order valence-electron chi connectivity index (χ4n) is 3.10. The zero-order valence-electron chi connectivity index (χ0n) is 16.1. The van der Waals surface area contributed by atoms with Crippen molar-refractivity contribution < 1.29 is 31.2 Å². The minimum absolute atomic E-state index is 0.304. The van der Waals surface area contributed by atoms with Crippen LogP contribution in [-0.2, 0) is 9.84 Å². The number of halogens is 3. The van der Waals surface area contributed by atoms with Gasteiger partial charge in [-0.05, 0) is 37.1 Å². The number of aromatic nitrogens is 1. The maximum Gasteiger partial charge on any atom is 0.503 e. The Morgan fingerprint density at radius 1 is 1.03 bits per heavy atom. The number of anilines is 1. The number of nitrogens with one attached hydrogen (secondary N) is 2. The van der Waals surface area contributed by atoms with Gasteiger partial charge < -0.3 is 15.5 Å². The molecule has 0 bridgehead atoms. The number of rotatable bonds is 4. The zero-order chi connectivity index (χ0) is 22.6. The second-order valence-corrected chi connectivity index (χ2v) is 8.69. The first-order valence-corrected chi connectivity index (χ1v) is 10.8. The van der Waals surface area contributed by atoms with Gasteiger partial charge in [-0.15, -0.1) is 0 Å². The van der Waals surface area contributed by atoms with Crippen LogP contribution in [-0.4, -0.2) is 54.9 Å². The van der Waals surface area contributed by atoms with Crippen molar-refractivity contribution in [1.82, 2.24) is 15.2 Å². The van der Waals surface area contributed by atoms with Gasteiger partial charge in [0.05, 0.1) is 5.56 Å². The maximum absolute atomic E-state index is 12.9. The summed E-state index contributed by atoms with van der Waals surface area (Å²) in [4.78, 5) is 29.6. The van der Waals surface area contributed by atoms with Crippen LogP contribution in [0, 0.1) is 0 Å². The predicted molar refractivity (Wildman–Crippen MR) is 105 cm³/mol. The summed E-state index contributed by atoms with van der Waals surface area (Å²) in [5.41, 5.74) is -5.62. The van der Waals surface area contributed by atoms with E-state index in [9.17, 15) is 31.2 Å². The first-order chi connectivity index (χ1) is 14.6. The average Bonchev–Trinajstić information content (AvgIpc) is 2.74. The number of hydrogen-bond donors (Lipinski definition) is 2. The molecule has 2 N–H and O–H groups in total. The highest BCUT2D eigenvalue weighted by molar-refractivity contribution is 7.92. The summed E-state index contributed by atoms with van der Waals surface area (Å²) >= 11 is 0. The number of amides is 3. The molecule has 1 aliphatic heterocycles. The first kappa shape index (κ1) is 22.5. The minimum atomic E-state index is -5.78. The summed E-state index contributed by atoms with van der Waals surface area (Å²) in [5.74, 6) is -0.969. The Balaban J connectivity index is 1.62. The molecule has 1 fully saturated rings. The second-order valence-electron chi connectivity index (χ2n) is 6.84. The maximum atomic E-state index is 12.9. The summed E-state index contributed by atoms with van der Waals surface area (Å²) in [6, 6.07) is 10.3. The molecule has 3 rings (SSSR count). The van der Waals surface area contributed by atoms with Crippen LogP contribution in [0.4, 0.5) is 23.7 Å². The molecule has 1 saturated heterocycles. The van der Waals surface area contributed by atoms with Crippen molar-refractivity contribution in [2.45, 2.75) is 29.4 Å². The monoisotopic (exact) mass is 456 g/mol. The molecule has 0 atom stereocenters. The molecule has 12 heteroatoms. The SMILES string of the molecule is O=C(NC1CCN(C(=O)Nc2ccccc2)CC1)c1cccnc1S(=O)(=O)C(F)(F)F. The van der Waals surface area contributed by atoms with Gasteiger partial charge in [0.25, 0.3) is 15.7 Å². The zero-order valence-corrected chi connectivity index (χ0v) is 16.9. The molecule has 0 spiro atoms. The lowest BCUT2D eigenvalue weighted by atomic mass is 10.0. The molecule has 0 radical (unpaired) electrons. The Hall–Kier alpha value is -3.15. The molecule has 3 amide bonds. The number of sulfone groups is 1. The molecule has 0 unspecified atom stereocenters. The fraction of sp³-hybridized carbons (Fsp3) is 0.316. The van der Waals surface area contributed by atoms with Crippen LogP contribution < -0.4 is 10.6 Å². The number of alkyl halides is 3. The largest absolute Gasteiger partial charge is 0.503 e. The van der Waals surface area contributed by atoms with Crippen molar-refractivity contribution in [3.05, 3.63) is 54.2 Å². The van der Waals surface area contributed by atoms with Gasteiger partial charge in [-0.1, -0.05) is 18.2 Å². The molecule has 0 saturated carbocycles. The molecule has 2 aromatic rings. The van der Waals surface area contributed by atoms with E-state index >= 15 is 0 Å². The topological polar surface area (TPSA) is 108 Å². The number of carbonyl (C=O) groups is 2. The van der Waals surface area contributed by atoms with Crippen LogP contribution in [0.1, 0.15) is 23.2 Å². The second kappa shape index (κ2) is 8.92. The summed E-state index contributed by atoms with van der Waals surface area (Å²) < 4.78 is 62.1. The van der Waals surface area contributed by atoms with Crippen LogP contribution in [0.5, 0.6) is 0 Å². The van der Waals surface area contributed by atoms with E-state index in [0.717, 1.165) is 12.3 Å². The normalized spacial score (nSPS) is 15.4. The Morgan fingerprint density at radius 3 is 2.29 bits per heavy atom. The molecule has 8 nitrogen and oxygen atoms in total. The predicted octanol–water partition coefficient (Wildman–Crippen LogP) is 2.80. The molecule has 31 heavy (non-hydrogen) atoms. The standard InChI is InChI=1S/C19H19F3N4O4S/c20-19(21,22)31(29,30)17-15(7-4-10-23-17)16(27)24-14-8-11-26(12-9-14)18(28)25-13-5-2-1-3-6-13/h1-7,10,14H,8-9,11-12H2,(H,24,27)(H,25,28). The van der Waals surface area contributed by atoms with Crippen LogP contribution >= 0.6 is 0 Å². The number of carbonyl (C=O) groups excluding carboxylic acids is 2. The molecule has 1 aliphatic rings. The van der Waals surface area contributed by atoms with E-state index in [-0.39, 0.29) is 6.03 Å². The van der Waals surface area contributed by atoms with Gasteiger partial charge >= 0.3 is 11.5 Å². The highest BCUT2D eigenvalue weighted by Crippen LogP contribution is 2.30. The van der Waals surface area contributed by atoms with E-state index in [1.54, 1.807) is 29.2 Å². The summed E-state index contributed by atoms with van der Waals surface area (Å²) in [5, 5.41) is 3.95. The smallest absolute Gasteiger partial charge is 0.349 e. The van der Waals surface area contributed by atoms with Gasteiger partial charge in [-0.25, -0.2) is 18.2 Å². The molecule has 0 aliphatic carbocycles. The van der Waals surface area contributed by atoms with Crippen LogP contribution in [0.3, 0.4) is 0 Å². The third-order valence-electron chi connectivity index (χ3n) is 4.72. The molecule has 2 heterocycles. The summed E-state index contributed by atoms with van der Waals surface area (Å²) in [6.07, 6.45) is 1.59. The Bertz CT molecular complexity index is 1050. The Labute approximate surface area is 176 Å². The van der Waals surface area contributed by atoms with Crippen molar-refractivity contribution in [3.8, 4) is 0 Å². The molecule has 1 aromatic carbocycles. The lowest BCUT2D eigenvalue weighted by Gasteiger charge is -2.32. The number of urea groups is 1. The number of hydrogen-bond acceptors (Lipinski definition) is 5. The third-order valence-corrected chi connectivity index (χ3v) is 6.16.